The Morgan fingerprint density at radius 1 is 1.37 bits per heavy atom. The molecule has 0 atom stereocenters. The van der Waals surface area contributed by atoms with Crippen molar-refractivity contribution in [2.45, 2.75) is 6.92 Å². The number of hydrogen-bond donors (Lipinski definition) is 1. The first-order valence-electron chi connectivity index (χ1n) is 5.47. The van der Waals surface area contributed by atoms with Crippen LogP contribution < -0.4 is 4.74 Å². The highest BCUT2D eigenvalue weighted by atomic mass is 16.5. The second-order valence-corrected chi connectivity index (χ2v) is 3.93. The zero-order valence-electron chi connectivity index (χ0n) is 10.1. The Balaban J connectivity index is 2.34. The molecule has 0 aliphatic heterocycles. The lowest BCUT2D eigenvalue weighted by atomic mass is 10.1. The second kappa shape index (κ2) is 5.19. The van der Waals surface area contributed by atoms with Crippen molar-refractivity contribution in [1.29, 1.82) is 5.26 Å². The Morgan fingerprint density at radius 3 is 2.84 bits per heavy atom. The van der Waals surface area contributed by atoms with Gasteiger partial charge in [-0.2, -0.15) is 5.26 Å². The third-order valence-electron chi connectivity index (χ3n) is 2.44. The van der Waals surface area contributed by atoms with Crippen LogP contribution in [0.4, 0.5) is 0 Å². The van der Waals surface area contributed by atoms with Crippen LogP contribution in [0.5, 0.6) is 11.5 Å². The summed E-state index contributed by atoms with van der Waals surface area (Å²) in [7, 11) is 0. The molecule has 2 rings (SSSR count). The summed E-state index contributed by atoms with van der Waals surface area (Å²) in [5.74, 6) is -0.431. The van der Waals surface area contributed by atoms with Gasteiger partial charge in [-0.1, -0.05) is 6.07 Å². The molecule has 1 aromatic heterocycles. The Labute approximate surface area is 109 Å². The van der Waals surface area contributed by atoms with E-state index in [0.29, 0.717) is 11.3 Å². The van der Waals surface area contributed by atoms with Gasteiger partial charge in [-0.15, -0.1) is 0 Å². The van der Waals surface area contributed by atoms with Crippen molar-refractivity contribution in [3.63, 3.8) is 0 Å². The summed E-state index contributed by atoms with van der Waals surface area (Å²) in [4.78, 5) is 14.6. The van der Waals surface area contributed by atoms with E-state index in [0.717, 1.165) is 5.56 Å². The monoisotopic (exact) mass is 254 g/mol. The Bertz CT molecular complexity index is 675. The lowest BCUT2D eigenvalue weighted by Crippen LogP contribution is -1.98. The zero-order valence-corrected chi connectivity index (χ0v) is 10.1. The number of benzene rings is 1. The van der Waals surface area contributed by atoms with Gasteiger partial charge in [0, 0.05) is 6.20 Å². The van der Waals surface area contributed by atoms with E-state index in [4.69, 9.17) is 15.1 Å². The van der Waals surface area contributed by atoms with Crippen LogP contribution in [0.1, 0.15) is 21.5 Å². The minimum absolute atomic E-state index is 0.0307. The van der Waals surface area contributed by atoms with E-state index in [-0.39, 0.29) is 11.3 Å². The number of aromatic carboxylic acids is 1. The molecule has 0 spiro atoms. The van der Waals surface area contributed by atoms with Gasteiger partial charge in [0.15, 0.2) is 0 Å². The molecule has 5 nitrogen and oxygen atoms in total. The average Bonchev–Trinajstić information content (AvgIpc) is 2.41. The molecule has 94 valence electrons. The van der Waals surface area contributed by atoms with Gasteiger partial charge >= 0.3 is 5.97 Å². The number of nitrogens with zero attached hydrogens (tertiary/aromatic N) is 2. The number of aromatic nitrogens is 1. The molecule has 0 saturated heterocycles. The topological polar surface area (TPSA) is 83.2 Å². The van der Waals surface area contributed by atoms with Crippen LogP contribution >= 0.6 is 0 Å². The number of pyridine rings is 1. The molecule has 0 radical (unpaired) electrons. The first kappa shape index (κ1) is 12.6. The van der Waals surface area contributed by atoms with Gasteiger partial charge in [0.25, 0.3) is 0 Å². The Morgan fingerprint density at radius 2 is 2.16 bits per heavy atom. The van der Waals surface area contributed by atoms with Crippen molar-refractivity contribution < 1.29 is 14.6 Å². The smallest absolute Gasteiger partial charge is 0.337 e. The van der Waals surface area contributed by atoms with Crippen molar-refractivity contribution in [2.24, 2.45) is 0 Å². The maximum Gasteiger partial charge on any atom is 0.337 e. The molecule has 0 aliphatic carbocycles. The molecule has 0 aliphatic rings. The number of aryl methyl sites for hydroxylation is 1. The van der Waals surface area contributed by atoms with E-state index >= 15 is 0 Å². The lowest BCUT2D eigenvalue weighted by Gasteiger charge is -2.08. The normalized spacial score (nSPS) is 9.68. The van der Waals surface area contributed by atoms with Crippen LogP contribution in [0.25, 0.3) is 0 Å². The highest BCUT2D eigenvalue weighted by molar-refractivity contribution is 5.87. The fraction of sp³-hybridized carbons (Fsp3) is 0.0714. The average molecular weight is 254 g/mol. The molecule has 0 bridgehead atoms. The van der Waals surface area contributed by atoms with E-state index in [1.54, 1.807) is 12.1 Å². The summed E-state index contributed by atoms with van der Waals surface area (Å²) < 4.78 is 5.50. The van der Waals surface area contributed by atoms with Gasteiger partial charge in [0.1, 0.15) is 17.6 Å². The second-order valence-electron chi connectivity index (χ2n) is 3.93. The van der Waals surface area contributed by atoms with Crippen LogP contribution in [0.3, 0.4) is 0 Å². The first-order valence-corrected chi connectivity index (χ1v) is 5.47. The summed E-state index contributed by atoms with van der Waals surface area (Å²) in [6.45, 7) is 1.87. The van der Waals surface area contributed by atoms with Crippen molar-refractivity contribution >= 4 is 5.97 Å². The van der Waals surface area contributed by atoms with Crippen molar-refractivity contribution in [3.8, 4) is 17.6 Å². The fourth-order valence-electron chi connectivity index (χ4n) is 1.54. The van der Waals surface area contributed by atoms with E-state index in [9.17, 15) is 4.79 Å². The predicted octanol–water partition coefficient (Wildman–Crippen LogP) is 2.75. The quantitative estimate of drug-likeness (QED) is 0.910. The number of rotatable bonds is 3. The molecule has 1 N–H and O–H groups in total. The maximum atomic E-state index is 10.8. The van der Waals surface area contributed by atoms with Crippen LogP contribution in [0.2, 0.25) is 0 Å². The number of nitriles is 1. The third kappa shape index (κ3) is 2.87. The van der Waals surface area contributed by atoms with E-state index in [2.05, 4.69) is 4.98 Å². The SMILES string of the molecule is Cc1ccc(Oc2cncc(C(=O)O)c2)c(C#N)c1. The maximum absolute atomic E-state index is 10.8. The van der Waals surface area contributed by atoms with Gasteiger partial charge < -0.3 is 9.84 Å². The van der Waals surface area contributed by atoms with E-state index < -0.39 is 5.97 Å². The lowest BCUT2D eigenvalue weighted by molar-refractivity contribution is 0.0696. The molecule has 2 aromatic rings. The molecule has 0 amide bonds. The van der Waals surface area contributed by atoms with Crippen molar-refractivity contribution in [2.75, 3.05) is 0 Å². The van der Waals surface area contributed by atoms with Crippen molar-refractivity contribution in [3.05, 3.63) is 53.3 Å². The molecule has 0 fully saturated rings. The molecular weight excluding hydrogens is 244 g/mol. The van der Waals surface area contributed by atoms with Crippen LogP contribution in [-0.2, 0) is 0 Å². The summed E-state index contributed by atoms with van der Waals surface area (Å²) in [5.41, 5.74) is 1.37. The fourth-order valence-corrected chi connectivity index (χ4v) is 1.54. The minimum Gasteiger partial charge on any atom is -0.478 e. The molecular formula is C14H10N2O3. The van der Waals surface area contributed by atoms with Crippen LogP contribution in [0.15, 0.2) is 36.7 Å². The molecule has 1 heterocycles. The minimum atomic E-state index is -1.08. The van der Waals surface area contributed by atoms with Gasteiger partial charge in [-0.25, -0.2) is 4.79 Å². The summed E-state index contributed by atoms with van der Waals surface area (Å²) in [5, 5.41) is 17.9. The van der Waals surface area contributed by atoms with E-state index in [1.165, 1.54) is 18.5 Å². The highest BCUT2D eigenvalue weighted by Crippen LogP contribution is 2.25. The number of hydrogen-bond acceptors (Lipinski definition) is 4. The summed E-state index contributed by atoms with van der Waals surface area (Å²) in [6, 6.07) is 8.57. The van der Waals surface area contributed by atoms with Gasteiger partial charge in [0.05, 0.1) is 17.3 Å². The third-order valence-corrected chi connectivity index (χ3v) is 2.44. The molecule has 0 unspecified atom stereocenters. The number of carboxylic acids is 1. The Hall–Kier alpha value is -2.87. The summed E-state index contributed by atoms with van der Waals surface area (Å²) in [6.07, 6.45) is 2.63. The number of carboxylic acid groups (broad SMARTS) is 1. The zero-order chi connectivity index (χ0) is 13.8. The standard InChI is InChI=1S/C14H10N2O3/c1-9-2-3-13(10(4-9)6-15)19-12-5-11(14(17)18)7-16-8-12/h2-5,7-8H,1H3,(H,17,18). The van der Waals surface area contributed by atoms with Crippen LogP contribution in [0, 0.1) is 18.3 Å². The predicted molar refractivity (Wildman–Crippen MR) is 67.2 cm³/mol. The van der Waals surface area contributed by atoms with Crippen molar-refractivity contribution in [1.82, 2.24) is 4.98 Å². The Kier molecular flexibility index (Phi) is 3.44. The van der Waals surface area contributed by atoms with Gasteiger partial charge in [0.2, 0.25) is 0 Å². The largest absolute Gasteiger partial charge is 0.478 e. The molecule has 1 aromatic carbocycles. The highest BCUT2D eigenvalue weighted by Gasteiger charge is 2.08. The van der Waals surface area contributed by atoms with Crippen LogP contribution in [-0.4, -0.2) is 16.1 Å². The summed E-state index contributed by atoms with van der Waals surface area (Å²) >= 11 is 0. The molecule has 5 heteroatoms. The van der Waals surface area contributed by atoms with Gasteiger partial charge in [-0.05, 0) is 30.7 Å². The molecule has 19 heavy (non-hydrogen) atoms. The number of ether oxygens (including phenoxy) is 1. The first-order chi connectivity index (χ1) is 9.10. The molecule has 0 saturated carbocycles. The van der Waals surface area contributed by atoms with E-state index in [1.807, 2.05) is 19.1 Å². The van der Waals surface area contributed by atoms with Gasteiger partial charge in [-0.3, -0.25) is 4.98 Å². The number of carbonyl (C=O) groups is 1.